The molecular formula is C24H23F3N8O. The summed E-state index contributed by atoms with van der Waals surface area (Å²) in [6, 6.07) is 6.26. The second-order valence-electron chi connectivity index (χ2n) is 8.55. The molecule has 4 aromatic rings. The number of aryl methyl sites for hydroxylation is 1. The van der Waals surface area contributed by atoms with Gasteiger partial charge in [0.25, 0.3) is 0 Å². The molecule has 186 valence electrons. The summed E-state index contributed by atoms with van der Waals surface area (Å²) in [5.74, 6) is -0.567. The minimum absolute atomic E-state index is 0.285. The lowest BCUT2D eigenvalue weighted by Gasteiger charge is -2.26. The molecule has 1 aliphatic heterocycles. The number of aromatic nitrogens is 4. The summed E-state index contributed by atoms with van der Waals surface area (Å²) in [5, 5.41) is 10.1. The SMILES string of the molecule is Cn1/c(=N/C#N)n(CCN2CCOCC2)c2c3cc(-c4cnc(N)c(C(F)(F)F)c4)ccc3ncc21. The molecule has 0 bridgehead atoms. The van der Waals surface area contributed by atoms with Gasteiger partial charge in [-0.05, 0) is 23.8 Å². The van der Waals surface area contributed by atoms with Crippen LogP contribution in [0.1, 0.15) is 5.56 Å². The molecule has 0 unspecified atom stereocenters. The number of pyridine rings is 2. The van der Waals surface area contributed by atoms with E-state index in [4.69, 9.17) is 10.5 Å². The van der Waals surface area contributed by atoms with E-state index >= 15 is 0 Å². The number of morpholine rings is 1. The van der Waals surface area contributed by atoms with Crippen LogP contribution in [0.5, 0.6) is 0 Å². The predicted molar refractivity (Wildman–Crippen MR) is 127 cm³/mol. The van der Waals surface area contributed by atoms with E-state index in [-0.39, 0.29) is 5.56 Å². The van der Waals surface area contributed by atoms with Gasteiger partial charge in [-0.15, -0.1) is 4.99 Å². The highest BCUT2D eigenvalue weighted by molar-refractivity contribution is 6.04. The molecule has 2 N–H and O–H groups in total. The number of rotatable bonds is 4. The zero-order valence-electron chi connectivity index (χ0n) is 19.5. The van der Waals surface area contributed by atoms with Crippen molar-refractivity contribution in [3.63, 3.8) is 0 Å². The Labute approximate surface area is 203 Å². The number of hydrogen-bond acceptors (Lipinski definition) is 7. The van der Waals surface area contributed by atoms with Crippen LogP contribution in [0.25, 0.3) is 33.1 Å². The molecule has 0 radical (unpaired) electrons. The Morgan fingerprint density at radius 2 is 1.89 bits per heavy atom. The van der Waals surface area contributed by atoms with Gasteiger partial charge >= 0.3 is 6.18 Å². The molecule has 4 heterocycles. The molecule has 1 fully saturated rings. The highest BCUT2D eigenvalue weighted by atomic mass is 19.4. The van der Waals surface area contributed by atoms with E-state index in [0.29, 0.717) is 36.5 Å². The number of halogens is 3. The van der Waals surface area contributed by atoms with Crippen molar-refractivity contribution in [3.05, 3.63) is 47.8 Å². The molecule has 12 heteroatoms. The highest BCUT2D eigenvalue weighted by Crippen LogP contribution is 2.36. The summed E-state index contributed by atoms with van der Waals surface area (Å²) >= 11 is 0. The second kappa shape index (κ2) is 9.25. The smallest absolute Gasteiger partial charge is 0.383 e. The van der Waals surface area contributed by atoms with Crippen molar-refractivity contribution in [2.75, 3.05) is 38.6 Å². The monoisotopic (exact) mass is 496 g/mol. The Hall–Kier alpha value is -3.95. The zero-order chi connectivity index (χ0) is 25.4. The van der Waals surface area contributed by atoms with Crippen LogP contribution in [-0.4, -0.2) is 56.9 Å². The number of nitrogen functional groups attached to an aromatic ring is 1. The lowest BCUT2D eigenvalue weighted by molar-refractivity contribution is -0.137. The summed E-state index contributed by atoms with van der Waals surface area (Å²) in [4.78, 5) is 14.6. The van der Waals surface area contributed by atoms with Crippen LogP contribution >= 0.6 is 0 Å². The Kier molecular flexibility index (Phi) is 6.11. The van der Waals surface area contributed by atoms with Gasteiger partial charge in [0.1, 0.15) is 5.82 Å². The Morgan fingerprint density at radius 3 is 2.61 bits per heavy atom. The van der Waals surface area contributed by atoms with Crippen molar-refractivity contribution in [1.29, 1.82) is 5.26 Å². The van der Waals surface area contributed by atoms with Gasteiger partial charge in [0.05, 0.1) is 41.5 Å². The zero-order valence-corrected chi connectivity index (χ0v) is 19.5. The standard InChI is InChI=1S/C24H23F3N8O/c1-33-20-13-30-19-3-2-15(16-11-18(24(25,26)27)22(29)31-12-16)10-17(19)21(20)35(23(33)32-14-28)5-4-34-6-8-36-9-7-34/h2-3,10-13H,4-9H2,1H3,(H2,29,31)/b32-23-. The molecule has 9 nitrogen and oxygen atoms in total. The third-order valence-corrected chi connectivity index (χ3v) is 6.44. The van der Waals surface area contributed by atoms with E-state index in [1.807, 2.05) is 10.8 Å². The molecule has 3 aromatic heterocycles. The number of benzene rings is 1. The maximum Gasteiger partial charge on any atom is 0.419 e. The van der Waals surface area contributed by atoms with Gasteiger partial charge in [0.15, 0.2) is 0 Å². The molecule has 0 amide bonds. The minimum atomic E-state index is -4.62. The maximum atomic E-state index is 13.4. The molecule has 1 saturated heterocycles. The summed E-state index contributed by atoms with van der Waals surface area (Å²) in [6.07, 6.45) is 0.301. The average Bonchev–Trinajstić information content (AvgIpc) is 3.14. The molecule has 1 aliphatic rings. The lowest BCUT2D eigenvalue weighted by atomic mass is 10.0. The van der Waals surface area contributed by atoms with Crippen LogP contribution in [0.4, 0.5) is 19.0 Å². The topological polar surface area (TPSA) is 110 Å². The van der Waals surface area contributed by atoms with Gasteiger partial charge in [0, 0.05) is 50.4 Å². The lowest BCUT2D eigenvalue weighted by Crippen LogP contribution is -2.39. The van der Waals surface area contributed by atoms with E-state index in [1.54, 1.807) is 36.0 Å². The van der Waals surface area contributed by atoms with E-state index in [2.05, 4.69) is 19.9 Å². The first-order valence-electron chi connectivity index (χ1n) is 11.3. The molecule has 0 saturated carbocycles. The second-order valence-corrected chi connectivity index (χ2v) is 8.55. The Bertz CT molecular complexity index is 1560. The van der Waals surface area contributed by atoms with Crippen molar-refractivity contribution >= 4 is 27.8 Å². The van der Waals surface area contributed by atoms with Gasteiger partial charge in [-0.2, -0.15) is 18.4 Å². The van der Waals surface area contributed by atoms with Crippen molar-refractivity contribution in [2.24, 2.45) is 12.0 Å². The van der Waals surface area contributed by atoms with Gasteiger partial charge in [-0.25, -0.2) is 4.98 Å². The molecule has 36 heavy (non-hydrogen) atoms. The van der Waals surface area contributed by atoms with Crippen molar-refractivity contribution in [1.82, 2.24) is 24.0 Å². The maximum absolute atomic E-state index is 13.4. The van der Waals surface area contributed by atoms with Crippen LogP contribution in [0.2, 0.25) is 0 Å². The number of nitriles is 1. The van der Waals surface area contributed by atoms with E-state index in [9.17, 15) is 18.4 Å². The van der Waals surface area contributed by atoms with Crippen LogP contribution in [-0.2, 0) is 24.5 Å². The fraction of sp³-hybridized carbons (Fsp3) is 0.333. The largest absolute Gasteiger partial charge is 0.419 e. The summed E-state index contributed by atoms with van der Waals surface area (Å²) in [6.45, 7) is 4.25. The fourth-order valence-corrected chi connectivity index (χ4v) is 4.58. The van der Waals surface area contributed by atoms with Crippen molar-refractivity contribution in [3.8, 4) is 17.3 Å². The number of nitrogens with zero attached hydrogens (tertiary/aromatic N) is 7. The number of fused-ring (bicyclic) bond motifs is 3. The van der Waals surface area contributed by atoms with Gasteiger partial charge in [-0.3, -0.25) is 9.88 Å². The molecule has 1 aromatic carbocycles. The summed E-state index contributed by atoms with van der Waals surface area (Å²) < 4.78 is 49.5. The Morgan fingerprint density at radius 1 is 1.11 bits per heavy atom. The first-order chi connectivity index (χ1) is 17.3. The molecule has 5 rings (SSSR count). The van der Waals surface area contributed by atoms with E-state index in [1.165, 1.54) is 6.20 Å². The normalized spacial score (nSPS) is 15.6. The van der Waals surface area contributed by atoms with Crippen molar-refractivity contribution < 1.29 is 17.9 Å². The number of imidazole rings is 1. The van der Waals surface area contributed by atoms with Crippen LogP contribution in [0.15, 0.2) is 41.7 Å². The third-order valence-electron chi connectivity index (χ3n) is 6.44. The average molecular weight is 496 g/mol. The van der Waals surface area contributed by atoms with Crippen LogP contribution < -0.4 is 11.4 Å². The molecular weight excluding hydrogens is 473 g/mol. The minimum Gasteiger partial charge on any atom is -0.383 e. The molecule has 0 aliphatic carbocycles. The summed E-state index contributed by atoms with van der Waals surface area (Å²) in [7, 11) is 1.81. The van der Waals surface area contributed by atoms with Gasteiger partial charge < -0.3 is 19.6 Å². The first kappa shape index (κ1) is 23.8. The van der Waals surface area contributed by atoms with Crippen LogP contribution in [0, 0.1) is 11.5 Å². The fourth-order valence-electron chi connectivity index (χ4n) is 4.58. The van der Waals surface area contributed by atoms with E-state index < -0.39 is 17.6 Å². The molecule has 0 spiro atoms. The first-order valence-corrected chi connectivity index (χ1v) is 11.3. The molecule has 0 atom stereocenters. The number of alkyl halides is 3. The Balaban J connectivity index is 1.69. The highest BCUT2D eigenvalue weighted by Gasteiger charge is 2.34. The van der Waals surface area contributed by atoms with Gasteiger partial charge in [-0.1, -0.05) is 6.07 Å². The number of hydrogen-bond donors (Lipinski definition) is 1. The number of anilines is 1. The predicted octanol–water partition coefficient (Wildman–Crippen LogP) is 2.90. The third kappa shape index (κ3) is 4.27. The number of ether oxygens (including phenoxy) is 1. The van der Waals surface area contributed by atoms with Crippen LogP contribution in [0.3, 0.4) is 0 Å². The quantitative estimate of drug-likeness (QED) is 0.435. The van der Waals surface area contributed by atoms with Gasteiger partial charge in [0.2, 0.25) is 11.8 Å². The van der Waals surface area contributed by atoms with E-state index in [0.717, 1.165) is 42.1 Å². The summed E-state index contributed by atoms with van der Waals surface area (Å²) in [5.41, 5.74) is 8.01. The van der Waals surface area contributed by atoms with Crippen molar-refractivity contribution in [2.45, 2.75) is 12.7 Å². The number of nitrogens with two attached hydrogens (primary N) is 1.